The molecule has 0 amide bonds. The van der Waals surface area contributed by atoms with Gasteiger partial charge in [-0.05, 0) is 42.5 Å². The van der Waals surface area contributed by atoms with E-state index in [1.165, 1.54) is 0 Å². The SMILES string of the molecule is CCC(C)C(=O)/C(C#N)=C\c1ccc(OCCC(C)C)cc1. The molecule has 1 unspecified atom stereocenters. The highest BCUT2D eigenvalue weighted by molar-refractivity contribution is 6.04. The molecule has 3 nitrogen and oxygen atoms in total. The third kappa shape index (κ3) is 5.73. The van der Waals surface area contributed by atoms with Crippen molar-refractivity contribution in [2.75, 3.05) is 6.61 Å². The molecule has 0 aliphatic rings. The summed E-state index contributed by atoms with van der Waals surface area (Å²) in [6.07, 6.45) is 3.40. The fraction of sp³-hybridized carbons (Fsp3) is 0.474. The Morgan fingerprint density at radius 2 is 1.91 bits per heavy atom. The highest BCUT2D eigenvalue weighted by Crippen LogP contribution is 2.17. The molecule has 3 heteroatoms. The Balaban J connectivity index is 2.75. The minimum absolute atomic E-state index is 0.0951. The molecule has 1 atom stereocenters. The number of ether oxygens (including phenoxy) is 1. The summed E-state index contributed by atoms with van der Waals surface area (Å²) < 4.78 is 5.65. The van der Waals surface area contributed by atoms with Crippen LogP contribution in [-0.2, 0) is 4.79 Å². The first-order valence-electron chi connectivity index (χ1n) is 7.86. The molecular formula is C19H25NO2. The third-order valence-corrected chi connectivity index (χ3v) is 3.60. The summed E-state index contributed by atoms with van der Waals surface area (Å²) >= 11 is 0. The summed E-state index contributed by atoms with van der Waals surface area (Å²) in [6, 6.07) is 9.48. The molecule has 0 saturated carbocycles. The van der Waals surface area contributed by atoms with Crippen LogP contribution in [-0.4, -0.2) is 12.4 Å². The van der Waals surface area contributed by atoms with E-state index in [1.807, 2.05) is 44.2 Å². The number of nitriles is 1. The molecule has 1 rings (SSSR count). The van der Waals surface area contributed by atoms with Crippen LogP contribution in [0.2, 0.25) is 0 Å². The number of carbonyl (C=O) groups excluding carboxylic acids is 1. The smallest absolute Gasteiger partial charge is 0.176 e. The van der Waals surface area contributed by atoms with E-state index >= 15 is 0 Å². The molecule has 0 heterocycles. The maximum atomic E-state index is 12.1. The van der Waals surface area contributed by atoms with Crippen molar-refractivity contribution in [3.05, 3.63) is 35.4 Å². The summed E-state index contributed by atoms with van der Waals surface area (Å²) in [6.45, 7) is 8.81. The van der Waals surface area contributed by atoms with Crippen molar-refractivity contribution in [3.63, 3.8) is 0 Å². The van der Waals surface area contributed by atoms with Gasteiger partial charge in [-0.3, -0.25) is 4.79 Å². The van der Waals surface area contributed by atoms with Gasteiger partial charge in [-0.25, -0.2) is 0 Å². The molecular weight excluding hydrogens is 274 g/mol. The van der Waals surface area contributed by atoms with Gasteiger partial charge in [0.05, 0.1) is 12.2 Å². The van der Waals surface area contributed by atoms with Crippen LogP contribution >= 0.6 is 0 Å². The molecule has 0 N–H and O–H groups in total. The Bertz CT molecular complexity index is 550. The van der Waals surface area contributed by atoms with Gasteiger partial charge in [0, 0.05) is 5.92 Å². The van der Waals surface area contributed by atoms with E-state index in [9.17, 15) is 4.79 Å². The number of Topliss-reactive ketones (excluding diaryl/α,β-unsaturated/α-hetero) is 1. The van der Waals surface area contributed by atoms with Gasteiger partial charge in [0.25, 0.3) is 0 Å². The van der Waals surface area contributed by atoms with Gasteiger partial charge >= 0.3 is 0 Å². The van der Waals surface area contributed by atoms with E-state index in [1.54, 1.807) is 6.08 Å². The van der Waals surface area contributed by atoms with E-state index < -0.39 is 0 Å². The number of carbonyl (C=O) groups is 1. The van der Waals surface area contributed by atoms with E-state index in [-0.39, 0.29) is 17.3 Å². The molecule has 0 aromatic heterocycles. The van der Waals surface area contributed by atoms with Crippen molar-refractivity contribution in [2.45, 2.75) is 40.5 Å². The molecule has 0 spiro atoms. The average Bonchev–Trinajstić information content (AvgIpc) is 2.52. The molecule has 0 aliphatic carbocycles. The van der Waals surface area contributed by atoms with Crippen LogP contribution < -0.4 is 4.74 Å². The summed E-state index contributed by atoms with van der Waals surface area (Å²) in [5, 5.41) is 9.16. The molecule has 1 aromatic carbocycles. The zero-order valence-electron chi connectivity index (χ0n) is 13.9. The first-order valence-corrected chi connectivity index (χ1v) is 7.86. The van der Waals surface area contributed by atoms with Crippen LogP contribution in [0.25, 0.3) is 6.08 Å². The minimum atomic E-state index is -0.121. The molecule has 0 fully saturated rings. The molecule has 0 bridgehead atoms. The Morgan fingerprint density at radius 3 is 2.41 bits per heavy atom. The maximum Gasteiger partial charge on any atom is 0.176 e. The first-order chi connectivity index (χ1) is 10.5. The summed E-state index contributed by atoms with van der Waals surface area (Å²) in [5.41, 5.74) is 1.05. The van der Waals surface area contributed by atoms with Gasteiger partial charge in [0.2, 0.25) is 0 Å². The number of rotatable bonds is 8. The van der Waals surface area contributed by atoms with Crippen LogP contribution in [0.15, 0.2) is 29.8 Å². The number of hydrogen-bond donors (Lipinski definition) is 0. The summed E-state index contributed by atoms with van der Waals surface area (Å²) in [4.78, 5) is 12.1. The molecule has 0 radical (unpaired) electrons. The highest BCUT2D eigenvalue weighted by Gasteiger charge is 2.15. The largest absolute Gasteiger partial charge is 0.494 e. The first kappa shape index (κ1) is 18.0. The van der Waals surface area contributed by atoms with E-state index in [0.717, 1.165) is 24.2 Å². The number of hydrogen-bond acceptors (Lipinski definition) is 3. The number of ketones is 1. The van der Waals surface area contributed by atoms with Crippen molar-refractivity contribution in [1.82, 2.24) is 0 Å². The highest BCUT2D eigenvalue weighted by atomic mass is 16.5. The monoisotopic (exact) mass is 299 g/mol. The fourth-order valence-electron chi connectivity index (χ4n) is 1.85. The van der Waals surface area contributed by atoms with E-state index in [2.05, 4.69) is 13.8 Å². The average molecular weight is 299 g/mol. The predicted molar refractivity (Wildman–Crippen MR) is 89.4 cm³/mol. The minimum Gasteiger partial charge on any atom is -0.494 e. The molecule has 0 saturated heterocycles. The van der Waals surface area contributed by atoms with Crippen LogP contribution in [0.5, 0.6) is 5.75 Å². The van der Waals surface area contributed by atoms with Gasteiger partial charge in [0.1, 0.15) is 11.8 Å². The Hall–Kier alpha value is -2.08. The maximum absolute atomic E-state index is 12.1. The lowest BCUT2D eigenvalue weighted by Gasteiger charge is -2.08. The Kier molecular flexibility index (Phi) is 7.39. The lowest BCUT2D eigenvalue weighted by molar-refractivity contribution is -0.118. The van der Waals surface area contributed by atoms with Crippen molar-refractivity contribution >= 4 is 11.9 Å². The van der Waals surface area contributed by atoms with Gasteiger partial charge in [-0.15, -0.1) is 0 Å². The van der Waals surface area contributed by atoms with E-state index in [0.29, 0.717) is 12.5 Å². The van der Waals surface area contributed by atoms with Gasteiger partial charge in [0.15, 0.2) is 5.78 Å². The lowest BCUT2D eigenvalue weighted by atomic mass is 9.96. The predicted octanol–water partition coefficient (Wildman–Crippen LogP) is 4.63. The molecule has 0 aliphatic heterocycles. The van der Waals surface area contributed by atoms with Crippen molar-refractivity contribution in [1.29, 1.82) is 5.26 Å². The topological polar surface area (TPSA) is 50.1 Å². The standard InChI is InChI=1S/C19H25NO2/c1-5-15(4)19(21)17(13-20)12-16-6-8-18(9-7-16)22-11-10-14(2)3/h6-9,12,14-15H,5,10-11H2,1-4H3/b17-12-. The normalized spacial score (nSPS) is 12.8. The fourth-order valence-corrected chi connectivity index (χ4v) is 1.85. The molecule has 1 aromatic rings. The lowest BCUT2D eigenvalue weighted by Crippen LogP contribution is -2.11. The second-order valence-electron chi connectivity index (χ2n) is 5.94. The number of benzene rings is 1. The number of allylic oxidation sites excluding steroid dienone is 1. The Labute approximate surface area is 133 Å². The van der Waals surface area contributed by atoms with Crippen molar-refractivity contribution < 1.29 is 9.53 Å². The van der Waals surface area contributed by atoms with Crippen molar-refractivity contribution in [3.8, 4) is 11.8 Å². The van der Waals surface area contributed by atoms with Crippen LogP contribution in [0.3, 0.4) is 0 Å². The second kappa shape index (κ2) is 9.04. The van der Waals surface area contributed by atoms with Crippen molar-refractivity contribution in [2.24, 2.45) is 11.8 Å². The van der Waals surface area contributed by atoms with Gasteiger partial charge in [-0.2, -0.15) is 5.26 Å². The molecule has 22 heavy (non-hydrogen) atoms. The van der Waals surface area contributed by atoms with Crippen LogP contribution in [0.1, 0.15) is 46.1 Å². The van der Waals surface area contributed by atoms with Crippen LogP contribution in [0, 0.1) is 23.2 Å². The Morgan fingerprint density at radius 1 is 1.27 bits per heavy atom. The summed E-state index contributed by atoms with van der Waals surface area (Å²) in [5.74, 6) is 1.21. The zero-order chi connectivity index (χ0) is 16.5. The summed E-state index contributed by atoms with van der Waals surface area (Å²) in [7, 11) is 0. The van der Waals surface area contributed by atoms with Crippen LogP contribution in [0.4, 0.5) is 0 Å². The second-order valence-corrected chi connectivity index (χ2v) is 5.94. The molecule has 118 valence electrons. The van der Waals surface area contributed by atoms with E-state index in [4.69, 9.17) is 10.00 Å². The third-order valence-electron chi connectivity index (χ3n) is 3.60. The zero-order valence-corrected chi connectivity index (χ0v) is 13.9. The van der Waals surface area contributed by atoms with Gasteiger partial charge < -0.3 is 4.74 Å². The number of nitrogens with zero attached hydrogens (tertiary/aromatic N) is 1. The quantitative estimate of drug-likeness (QED) is 0.519. The van der Waals surface area contributed by atoms with Gasteiger partial charge in [-0.1, -0.05) is 39.8 Å².